The summed E-state index contributed by atoms with van der Waals surface area (Å²) in [5, 5.41) is 12.4. The number of carbonyl (C=O) groups excluding carboxylic acids is 2. The van der Waals surface area contributed by atoms with Crippen LogP contribution in [-0.2, 0) is 0 Å². The van der Waals surface area contributed by atoms with Crippen LogP contribution in [0.2, 0.25) is 5.02 Å². The standard InChI is InChI=1S/C17H16ClNO3/c1-11(20)10-19-17(22)15-5-3-2-4-14(15)16(21)12-6-8-13(18)9-7-12/h2-9,11,20H,10H2,1H3,(H,19,22). The van der Waals surface area contributed by atoms with Gasteiger partial charge in [-0.25, -0.2) is 0 Å². The molecular formula is C17H16ClNO3. The minimum absolute atomic E-state index is 0.127. The first kappa shape index (κ1) is 16.2. The van der Waals surface area contributed by atoms with Crippen molar-refractivity contribution in [2.45, 2.75) is 13.0 Å². The Morgan fingerprint density at radius 1 is 1.09 bits per heavy atom. The molecule has 0 spiro atoms. The second-order valence-corrected chi connectivity index (χ2v) is 5.38. The van der Waals surface area contributed by atoms with Gasteiger partial charge in [0.15, 0.2) is 5.78 Å². The van der Waals surface area contributed by atoms with Crippen molar-refractivity contribution in [2.75, 3.05) is 6.54 Å². The van der Waals surface area contributed by atoms with Crippen molar-refractivity contribution in [3.8, 4) is 0 Å². The van der Waals surface area contributed by atoms with Crippen molar-refractivity contribution < 1.29 is 14.7 Å². The van der Waals surface area contributed by atoms with Gasteiger partial charge in [0.05, 0.1) is 11.7 Å². The molecule has 1 amide bonds. The van der Waals surface area contributed by atoms with Crippen LogP contribution in [0.3, 0.4) is 0 Å². The Kier molecular flexibility index (Phi) is 5.31. The second kappa shape index (κ2) is 7.20. The van der Waals surface area contributed by atoms with Gasteiger partial charge in [-0.1, -0.05) is 29.8 Å². The number of carbonyl (C=O) groups is 2. The number of aliphatic hydroxyl groups is 1. The average Bonchev–Trinajstić information content (AvgIpc) is 2.52. The normalized spacial score (nSPS) is 11.8. The predicted molar refractivity (Wildman–Crippen MR) is 85.3 cm³/mol. The van der Waals surface area contributed by atoms with E-state index in [2.05, 4.69) is 5.32 Å². The Labute approximate surface area is 133 Å². The number of halogens is 1. The molecule has 2 aromatic carbocycles. The molecular weight excluding hydrogens is 302 g/mol. The number of amides is 1. The van der Waals surface area contributed by atoms with Crippen molar-refractivity contribution in [2.24, 2.45) is 0 Å². The lowest BCUT2D eigenvalue weighted by molar-refractivity contribution is 0.0915. The molecule has 1 unspecified atom stereocenters. The van der Waals surface area contributed by atoms with Crippen molar-refractivity contribution in [1.82, 2.24) is 5.32 Å². The molecule has 2 N–H and O–H groups in total. The van der Waals surface area contributed by atoms with Crippen LogP contribution in [0.25, 0.3) is 0 Å². The number of nitrogens with one attached hydrogen (secondary N) is 1. The van der Waals surface area contributed by atoms with E-state index in [1.165, 1.54) is 0 Å². The zero-order valence-corrected chi connectivity index (χ0v) is 12.8. The minimum atomic E-state index is -0.650. The molecule has 0 fully saturated rings. The number of rotatable bonds is 5. The molecule has 2 rings (SSSR count). The lowest BCUT2D eigenvalue weighted by Gasteiger charge is -2.10. The molecule has 0 radical (unpaired) electrons. The molecule has 114 valence electrons. The SMILES string of the molecule is CC(O)CNC(=O)c1ccccc1C(=O)c1ccc(Cl)cc1. The molecule has 5 heteroatoms. The maximum absolute atomic E-state index is 12.5. The van der Waals surface area contributed by atoms with Gasteiger partial charge in [0.1, 0.15) is 0 Å². The Hall–Kier alpha value is -2.17. The molecule has 1 atom stereocenters. The zero-order chi connectivity index (χ0) is 16.1. The van der Waals surface area contributed by atoms with Gasteiger partial charge in [-0.2, -0.15) is 0 Å². The maximum Gasteiger partial charge on any atom is 0.252 e. The molecule has 0 aliphatic heterocycles. The lowest BCUT2D eigenvalue weighted by atomic mass is 9.98. The molecule has 0 aliphatic rings. The molecule has 22 heavy (non-hydrogen) atoms. The first-order valence-corrected chi connectivity index (χ1v) is 7.22. The zero-order valence-electron chi connectivity index (χ0n) is 12.0. The summed E-state index contributed by atoms with van der Waals surface area (Å²) in [5.41, 5.74) is 1.05. The average molecular weight is 318 g/mol. The Morgan fingerprint density at radius 3 is 2.27 bits per heavy atom. The second-order valence-electron chi connectivity index (χ2n) is 4.94. The maximum atomic E-state index is 12.5. The highest BCUT2D eigenvalue weighted by Gasteiger charge is 2.18. The first-order valence-electron chi connectivity index (χ1n) is 6.84. The van der Waals surface area contributed by atoms with Gasteiger partial charge in [-0.3, -0.25) is 9.59 Å². The summed E-state index contributed by atoms with van der Waals surface area (Å²) < 4.78 is 0. The van der Waals surface area contributed by atoms with Gasteiger partial charge < -0.3 is 10.4 Å². The highest BCUT2D eigenvalue weighted by atomic mass is 35.5. The van der Waals surface area contributed by atoms with E-state index in [4.69, 9.17) is 11.6 Å². The van der Waals surface area contributed by atoms with Gasteiger partial charge in [0, 0.05) is 22.7 Å². The molecule has 2 aromatic rings. The van der Waals surface area contributed by atoms with Crippen LogP contribution in [0.1, 0.15) is 33.2 Å². The molecule has 0 heterocycles. The van der Waals surface area contributed by atoms with Crippen LogP contribution in [0.5, 0.6) is 0 Å². The number of hydrogen-bond acceptors (Lipinski definition) is 3. The van der Waals surface area contributed by atoms with E-state index in [-0.39, 0.29) is 23.8 Å². The summed E-state index contributed by atoms with van der Waals surface area (Å²) in [5.74, 6) is -0.640. The fourth-order valence-corrected chi connectivity index (χ4v) is 2.10. The molecule has 0 bridgehead atoms. The van der Waals surface area contributed by atoms with Crippen LogP contribution < -0.4 is 5.32 Å². The van der Waals surface area contributed by atoms with E-state index < -0.39 is 6.10 Å². The third-order valence-electron chi connectivity index (χ3n) is 3.08. The summed E-state index contributed by atoms with van der Waals surface area (Å²) >= 11 is 5.82. The molecule has 0 saturated heterocycles. The Bertz CT molecular complexity index is 681. The van der Waals surface area contributed by atoms with Crippen LogP contribution >= 0.6 is 11.6 Å². The fraction of sp³-hybridized carbons (Fsp3) is 0.176. The minimum Gasteiger partial charge on any atom is -0.392 e. The van der Waals surface area contributed by atoms with Gasteiger partial charge in [-0.15, -0.1) is 0 Å². The van der Waals surface area contributed by atoms with Gasteiger partial charge in [0.25, 0.3) is 5.91 Å². The molecule has 4 nitrogen and oxygen atoms in total. The fourth-order valence-electron chi connectivity index (χ4n) is 1.97. The van der Waals surface area contributed by atoms with E-state index >= 15 is 0 Å². The van der Waals surface area contributed by atoms with Gasteiger partial charge in [0.2, 0.25) is 0 Å². The van der Waals surface area contributed by atoms with Crippen molar-refractivity contribution in [3.63, 3.8) is 0 Å². The first-order chi connectivity index (χ1) is 10.5. The Balaban J connectivity index is 2.29. The quantitative estimate of drug-likeness (QED) is 0.833. The number of aliphatic hydroxyl groups excluding tert-OH is 1. The van der Waals surface area contributed by atoms with Crippen molar-refractivity contribution in [3.05, 3.63) is 70.2 Å². The summed E-state index contributed by atoms with van der Waals surface area (Å²) in [7, 11) is 0. The van der Waals surface area contributed by atoms with Crippen molar-refractivity contribution >= 4 is 23.3 Å². The van der Waals surface area contributed by atoms with Crippen LogP contribution in [-0.4, -0.2) is 29.4 Å². The summed E-state index contributed by atoms with van der Waals surface area (Å²) in [4.78, 5) is 24.7. The monoisotopic (exact) mass is 317 g/mol. The van der Waals surface area contributed by atoms with Crippen LogP contribution in [0.15, 0.2) is 48.5 Å². The predicted octanol–water partition coefficient (Wildman–Crippen LogP) is 2.68. The highest BCUT2D eigenvalue weighted by molar-refractivity contribution is 6.30. The lowest BCUT2D eigenvalue weighted by Crippen LogP contribution is -2.31. The largest absolute Gasteiger partial charge is 0.392 e. The van der Waals surface area contributed by atoms with Gasteiger partial charge in [-0.05, 0) is 37.3 Å². The van der Waals surface area contributed by atoms with Crippen LogP contribution in [0.4, 0.5) is 0 Å². The van der Waals surface area contributed by atoms with E-state index in [0.29, 0.717) is 16.1 Å². The third kappa shape index (κ3) is 3.93. The van der Waals surface area contributed by atoms with Gasteiger partial charge >= 0.3 is 0 Å². The topological polar surface area (TPSA) is 66.4 Å². The highest BCUT2D eigenvalue weighted by Crippen LogP contribution is 2.17. The van der Waals surface area contributed by atoms with E-state index in [1.54, 1.807) is 55.5 Å². The van der Waals surface area contributed by atoms with E-state index in [9.17, 15) is 14.7 Å². The molecule has 0 saturated carbocycles. The third-order valence-corrected chi connectivity index (χ3v) is 3.33. The molecule has 0 aromatic heterocycles. The number of ketones is 1. The molecule has 0 aliphatic carbocycles. The van der Waals surface area contributed by atoms with Crippen molar-refractivity contribution in [1.29, 1.82) is 0 Å². The Morgan fingerprint density at radius 2 is 1.68 bits per heavy atom. The number of hydrogen-bond donors (Lipinski definition) is 2. The summed E-state index contributed by atoms with van der Waals surface area (Å²) in [6.45, 7) is 1.70. The smallest absolute Gasteiger partial charge is 0.252 e. The van der Waals surface area contributed by atoms with Crippen LogP contribution in [0, 0.1) is 0 Å². The number of benzene rings is 2. The summed E-state index contributed by atoms with van der Waals surface area (Å²) in [6, 6.07) is 13.1. The van der Waals surface area contributed by atoms with E-state index in [0.717, 1.165) is 0 Å². The van der Waals surface area contributed by atoms with E-state index in [1.807, 2.05) is 0 Å². The summed E-state index contributed by atoms with van der Waals surface area (Å²) in [6.07, 6.45) is -0.650.